The van der Waals surface area contributed by atoms with Gasteiger partial charge in [-0.1, -0.05) is 13.8 Å². The summed E-state index contributed by atoms with van der Waals surface area (Å²) in [5.41, 5.74) is -0.435. The summed E-state index contributed by atoms with van der Waals surface area (Å²) in [7, 11) is 0. The van der Waals surface area contributed by atoms with E-state index in [-0.39, 0.29) is 6.09 Å². The fraction of sp³-hybridized carbons (Fsp3) is 0.941. The summed E-state index contributed by atoms with van der Waals surface area (Å²) in [4.78, 5) is 11.8. The number of hydrogen-bond acceptors (Lipinski definition) is 3. The van der Waals surface area contributed by atoms with Gasteiger partial charge in [-0.25, -0.2) is 4.79 Å². The smallest absolute Gasteiger partial charge is 0.407 e. The number of carbonyl (C=O) groups excluding carboxylic acids is 1. The molecule has 2 aliphatic carbocycles. The van der Waals surface area contributed by atoms with Crippen molar-refractivity contribution < 1.29 is 9.53 Å². The molecule has 0 aromatic rings. The van der Waals surface area contributed by atoms with Crippen molar-refractivity contribution in [2.45, 2.75) is 78.0 Å². The molecule has 0 saturated heterocycles. The fourth-order valence-electron chi connectivity index (χ4n) is 2.81. The molecule has 2 rings (SSSR count). The molecule has 2 N–H and O–H groups in total. The van der Waals surface area contributed by atoms with Gasteiger partial charge in [-0.15, -0.1) is 0 Å². The lowest BCUT2D eigenvalue weighted by Gasteiger charge is -2.29. The minimum Gasteiger partial charge on any atom is -0.444 e. The standard InChI is InChI=1S/C17H32N2O2/c1-11(2)14(10-18-16(20)21-17(3,4)5)19-15(12-6-7-12)13-8-9-13/h11-15,19H,6-10H2,1-5H3,(H,18,20). The van der Waals surface area contributed by atoms with Crippen molar-refractivity contribution in [3.8, 4) is 0 Å². The summed E-state index contributed by atoms with van der Waals surface area (Å²) >= 11 is 0. The number of alkyl carbamates (subject to hydrolysis) is 1. The Labute approximate surface area is 129 Å². The van der Waals surface area contributed by atoms with E-state index in [4.69, 9.17) is 4.74 Å². The Balaban J connectivity index is 1.80. The minimum absolute atomic E-state index is 0.315. The highest BCUT2D eigenvalue weighted by Crippen LogP contribution is 2.44. The van der Waals surface area contributed by atoms with Gasteiger partial charge in [0.25, 0.3) is 0 Å². The van der Waals surface area contributed by atoms with E-state index in [9.17, 15) is 4.79 Å². The highest BCUT2D eigenvalue weighted by atomic mass is 16.6. The summed E-state index contributed by atoms with van der Waals surface area (Å²) < 4.78 is 5.31. The van der Waals surface area contributed by atoms with Crippen molar-refractivity contribution in [3.63, 3.8) is 0 Å². The zero-order valence-electron chi connectivity index (χ0n) is 14.2. The lowest BCUT2D eigenvalue weighted by Crippen LogP contribution is -2.50. The van der Waals surface area contributed by atoms with Gasteiger partial charge in [-0.2, -0.15) is 0 Å². The van der Waals surface area contributed by atoms with Crippen LogP contribution in [0, 0.1) is 17.8 Å². The normalized spacial score (nSPS) is 20.7. The van der Waals surface area contributed by atoms with Gasteiger partial charge in [0, 0.05) is 18.6 Å². The Morgan fingerprint density at radius 2 is 1.67 bits per heavy atom. The molecule has 0 spiro atoms. The van der Waals surface area contributed by atoms with E-state index in [0.717, 1.165) is 11.8 Å². The maximum atomic E-state index is 11.8. The van der Waals surface area contributed by atoms with Gasteiger partial charge in [0.1, 0.15) is 5.60 Å². The van der Waals surface area contributed by atoms with Gasteiger partial charge < -0.3 is 15.4 Å². The lowest BCUT2D eigenvalue weighted by atomic mass is 10.00. The van der Waals surface area contributed by atoms with E-state index in [1.807, 2.05) is 20.8 Å². The molecule has 4 nitrogen and oxygen atoms in total. The largest absolute Gasteiger partial charge is 0.444 e. The second-order valence-electron chi connectivity index (χ2n) is 8.10. The van der Waals surface area contributed by atoms with Crippen LogP contribution < -0.4 is 10.6 Å². The van der Waals surface area contributed by atoms with E-state index >= 15 is 0 Å². The van der Waals surface area contributed by atoms with E-state index < -0.39 is 5.60 Å². The highest BCUT2D eigenvalue weighted by Gasteiger charge is 2.42. The molecular weight excluding hydrogens is 264 g/mol. The second kappa shape index (κ2) is 6.55. The second-order valence-corrected chi connectivity index (χ2v) is 8.10. The van der Waals surface area contributed by atoms with E-state index in [2.05, 4.69) is 24.5 Å². The molecule has 0 aromatic carbocycles. The Kier molecular flexibility index (Phi) is 5.18. The highest BCUT2D eigenvalue weighted by molar-refractivity contribution is 5.67. The molecule has 0 aromatic heterocycles. The number of hydrogen-bond donors (Lipinski definition) is 2. The molecular formula is C17H32N2O2. The average molecular weight is 296 g/mol. The third-order valence-corrected chi connectivity index (χ3v) is 4.34. The van der Waals surface area contributed by atoms with Gasteiger partial charge in [0.15, 0.2) is 0 Å². The molecule has 0 bridgehead atoms. The molecule has 2 fully saturated rings. The molecule has 1 atom stereocenters. The van der Waals surface area contributed by atoms with Crippen LogP contribution in [0.2, 0.25) is 0 Å². The summed E-state index contributed by atoms with van der Waals surface area (Å²) in [5.74, 6) is 2.25. The molecule has 2 saturated carbocycles. The molecule has 0 aliphatic heterocycles. The van der Waals surface area contributed by atoms with Crippen molar-refractivity contribution in [2.24, 2.45) is 17.8 Å². The predicted octanol–water partition coefficient (Wildman–Crippen LogP) is 3.31. The summed E-state index contributed by atoms with van der Waals surface area (Å²) in [6, 6.07) is 0.988. The Morgan fingerprint density at radius 1 is 1.14 bits per heavy atom. The Morgan fingerprint density at radius 3 is 2.05 bits per heavy atom. The summed E-state index contributed by atoms with van der Waals surface area (Å²) in [6.45, 7) is 10.7. The van der Waals surface area contributed by atoms with Gasteiger partial charge >= 0.3 is 6.09 Å². The van der Waals surface area contributed by atoms with Crippen molar-refractivity contribution in [2.75, 3.05) is 6.54 Å². The maximum Gasteiger partial charge on any atom is 0.407 e. The van der Waals surface area contributed by atoms with Crippen LogP contribution in [0.1, 0.15) is 60.3 Å². The van der Waals surface area contributed by atoms with Crippen LogP contribution in [0.3, 0.4) is 0 Å². The van der Waals surface area contributed by atoms with Crippen LogP contribution in [0.15, 0.2) is 0 Å². The first-order chi connectivity index (χ1) is 9.76. The fourth-order valence-corrected chi connectivity index (χ4v) is 2.81. The first kappa shape index (κ1) is 16.6. The van der Waals surface area contributed by atoms with E-state index in [1.54, 1.807) is 0 Å². The van der Waals surface area contributed by atoms with Crippen molar-refractivity contribution >= 4 is 6.09 Å². The van der Waals surface area contributed by atoms with Crippen molar-refractivity contribution in [1.29, 1.82) is 0 Å². The van der Waals surface area contributed by atoms with E-state index in [1.165, 1.54) is 25.7 Å². The van der Waals surface area contributed by atoms with Crippen LogP contribution in [0.4, 0.5) is 4.79 Å². The first-order valence-electron chi connectivity index (χ1n) is 8.49. The number of amides is 1. The molecule has 4 heteroatoms. The number of ether oxygens (including phenoxy) is 1. The third-order valence-electron chi connectivity index (χ3n) is 4.34. The van der Waals surface area contributed by atoms with Crippen LogP contribution in [0.5, 0.6) is 0 Å². The zero-order valence-corrected chi connectivity index (χ0v) is 14.2. The molecule has 21 heavy (non-hydrogen) atoms. The molecule has 1 unspecified atom stereocenters. The third kappa shape index (κ3) is 5.85. The van der Waals surface area contributed by atoms with Crippen molar-refractivity contribution in [3.05, 3.63) is 0 Å². The SMILES string of the molecule is CC(C)C(CNC(=O)OC(C)(C)C)NC(C1CC1)C1CC1. The molecule has 0 heterocycles. The maximum absolute atomic E-state index is 11.8. The predicted molar refractivity (Wildman–Crippen MR) is 85.2 cm³/mol. The Bertz CT molecular complexity index is 342. The van der Waals surface area contributed by atoms with Gasteiger partial charge in [0.05, 0.1) is 0 Å². The summed E-state index contributed by atoms with van der Waals surface area (Å²) in [5, 5.41) is 6.75. The number of carbonyl (C=O) groups is 1. The van der Waals surface area contributed by atoms with Crippen LogP contribution in [-0.2, 0) is 4.74 Å². The van der Waals surface area contributed by atoms with Crippen LogP contribution in [0.25, 0.3) is 0 Å². The number of rotatable bonds is 7. The molecule has 1 amide bonds. The minimum atomic E-state index is -0.435. The molecule has 122 valence electrons. The monoisotopic (exact) mass is 296 g/mol. The average Bonchev–Trinajstić information content (AvgIpc) is 3.20. The quantitative estimate of drug-likeness (QED) is 0.758. The number of nitrogens with one attached hydrogen (secondary N) is 2. The molecule has 2 aliphatic rings. The van der Waals surface area contributed by atoms with Gasteiger partial charge in [0.2, 0.25) is 0 Å². The topological polar surface area (TPSA) is 50.4 Å². The first-order valence-corrected chi connectivity index (χ1v) is 8.49. The van der Waals surface area contributed by atoms with Gasteiger partial charge in [-0.3, -0.25) is 0 Å². The Hall–Kier alpha value is -0.770. The lowest BCUT2D eigenvalue weighted by molar-refractivity contribution is 0.0517. The zero-order chi connectivity index (χ0) is 15.6. The molecule has 0 radical (unpaired) electrons. The van der Waals surface area contributed by atoms with Crippen LogP contribution in [-0.4, -0.2) is 30.3 Å². The van der Waals surface area contributed by atoms with Crippen molar-refractivity contribution in [1.82, 2.24) is 10.6 Å². The van der Waals surface area contributed by atoms with Gasteiger partial charge in [-0.05, 0) is 64.2 Å². The van der Waals surface area contributed by atoms with Crippen LogP contribution >= 0.6 is 0 Å². The summed E-state index contributed by atoms with van der Waals surface area (Å²) in [6.07, 6.45) is 5.18. The van der Waals surface area contributed by atoms with E-state index in [0.29, 0.717) is 24.5 Å².